The summed E-state index contributed by atoms with van der Waals surface area (Å²) in [4.78, 5) is 21.2. The van der Waals surface area contributed by atoms with E-state index in [0.29, 0.717) is 10.2 Å². The first-order valence-corrected chi connectivity index (χ1v) is 11.1. The number of thiazole rings is 2. The van der Waals surface area contributed by atoms with Crippen molar-refractivity contribution in [3.05, 3.63) is 58.4 Å². The van der Waals surface area contributed by atoms with E-state index in [1.807, 2.05) is 42.6 Å². The van der Waals surface area contributed by atoms with Gasteiger partial charge in [-0.3, -0.25) is 4.79 Å². The van der Waals surface area contributed by atoms with Crippen molar-refractivity contribution in [2.24, 2.45) is 0 Å². The van der Waals surface area contributed by atoms with E-state index in [2.05, 4.69) is 27.4 Å². The Bertz CT molecular complexity index is 1110. The van der Waals surface area contributed by atoms with Crippen LogP contribution in [0.4, 0.5) is 5.13 Å². The first kappa shape index (κ1) is 18.4. The number of nitrogens with zero attached hydrogens (tertiary/aromatic N) is 2. The second-order valence-corrected chi connectivity index (χ2v) is 9.38. The number of rotatable bonds is 5. The molecule has 0 aliphatic rings. The van der Waals surface area contributed by atoms with Crippen LogP contribution in [0.15, 0.2) is 52.2 Å². The Morgan fingerprint density at radius 2 is 2.00 bits per heavy atom. The van der Waals surface area contributed by atoms with E-state index in [-0.39, 0.29) is 11.7 Å². The molecule has 0 aliphatic heterocycles. The van der Waals surface area contributed by atoms with E-state index in [4.69, 9.17) is 11.6 Å². The number of thioether (sulfide) groups is 1. The summed E-state index contributed by atoms with van der Waals surface area (Å²) in [7, 11) is 0. The fourth-order valence-electron chi connectivity index (χ4n) is 2.41. The summed E-state index contributed by atoms with van der Waals surface area (Å²) in [5.41, 5.74) is 3.97. The van der Waals surface area contributed by atoms with Gasteiger partial charge < -0.3 is 5.32 Å². The zero-order valence-electron chi connectivity index (χ0n) is 14.2. The van der Waals surface area contributed by atoms with Crippen molar-refractivity contribution < 1.29 is 4.79 Å². The number of carbonyl (C=O) groups is 1. The predicted octanol–water partition coefficient (Wildman–Crippen LogP) is 6.11. The lowest BCUT2D eigenvalue weighted by Crippen LogP contribution is -2.13. The fourth-order valence-corrected chi connectivity index (χ4v) is 5.16. The highest BCUT2D eigenvalue weighted by atomic mass is 35.5. The molecule has 2 heterocycles. The van der Waals surface area contributed by atoms with Gasteiger partial charge in [-0.1, -0.05) is 53.2 Å². The lowest BCUT2D eigenvalue weighted by molar-refractivity contribution is -0.113. The van der Waals surface area contributed by atoms with Crippen LogP contribution in [0.25, 0.3) is 21.5 Å². The molecule has 2 aromatic carbocycles. The summed E-state index contributed by atoms with van der Waals surface area (Å²) in [5.74, 6) is 0.189. The van der Waals surface area contributed by atoms with Gasteiger partial charge >= 0.3 is 0 Å². The topological polar surface area (TPSA) is 54.9 Å². The number of carbonyl (C=O) groups excluding carboxylic acids is 1. The van der Waals surface area contributed by atoms with Crippen molar-refractivity contribution in [1.29, 1.82) is 0 Å². The van der Waals surface area contributed by atoms with Crippen LogP contribution in [0, 0.1) is 6.92 Å². The first-order valence-electron chi connectivity index (χ1n) is 8.08. The number of amides is 1. The van der Waals surface area contributed by atoms with Gasteiger partial charge in [0.1, 0.15) is 0 Å². The Hall–Kier alpha value is -1.93. The van der Waals surface area contributed by atoms with Crippen molar-refractivity contribution in [3.8, 4) is 11.3 Å². The Labute approximate surface area is 173 Å². The molecule has 0 saturated carbocycles. The summed E-state index contributed by atoms with van der Waals surface area (Å²) in [6.07, 6.45) is 0. The monoisotopic (exact) mass is 431 g/mol. The van der Waals surface area contributed by atoms with Crippen LogP contribution >= 0.6 is 46.0 Å². The van der Waals surface area contributed by atoms with Gasteiger partial charge in [0.05, 0.1) is 21.7 Å². The molecule has 0 bridgehead atoms. The normalized spacial score (nSPS) is 11.0. The van der Waals surface area contributed by atoms with Crippen LogP contribution in [0.2, 0.25) is 5.02 Å². The molecule has 0 radical (unpaired) electrons. The molecule has 0 atom stereocenters. The number of aryl methyl sites for hydroxylation is 1. The molecule has 0 unspecified atom stereocenters. The van der Waals surface area contributed by atoms with Crippen molar-refractivity contribution in [1.82, 2.24) is 9.97 Å². The minimum absolute atomic E-state index is 0.0953. The number of hydrogen-bond donors (Lipinski definition) is 1. The van der Waals surface area contributed by atoms with Crippen LogP contribution in [0.3, 0.4) is 0 Å². The molecule has 0 aliphatic carbocycles. The number of anilines is 1. The van der Waals surface area contributed by atoms with Crippen LogP contribution in [-0.2, 0) is 4.79 Å². The predicted molar refractivity (Wildman–Crippen MR) is 116 cm³/mol. The third kappa shape index (κ3) is 4.50. The summed E-state index contributed by atoms with van der Waals surface area (Å²) < 4.78 is 1.91. The summed E-state index contributed by atoms with van der Waals surface area (Å²) in [6, 6.07) is 13.8. The van der Waals surface area contributed by atoms with E-state index in [1.54, 1.807) is 11.3 Å². The summed E-state index contributed by atoms with van der Waals surface area (Å²) in [5, 5.41) is 6.08. The molecule has 4 aromatic rings. The van der Waals surface area contributed by atoms with Gasteiger partial charge in [0.25, 0.3) is 0 Å². The zero-order valence-corrected chi connectivity index (χ0v) is 17.4. The third-order valence-corrected chi connectivity index (χ3v) is 6.93. The molecule has 0 saturated heterocycles. The molecule has 4 rings (SSSR count). The maximum atomic E-state index is 12.2. The summed E-state index contributed by atoms with van der Waals surface area (Å²) in [6.45, 7) is 2.05. The van der Waals surface area contributed by atoms with Gasteiger partial charge in [-0.15, -0.1) is 22.7 Å². The second kappa shape index (κ2) is 7.98. The van der Waals surface area contributed by atoms with Crippen molar-refractivity contribution in [3.63, 3.8) is 0 Å². The van der Waals surface area contributed by atoms with Gasteiger partial charge in [0.15, 0.2) is 9.47 Å². The van der Waals surface area contributed by atoms with Gasteiger partial charge in [-0.2, -0.15) is 0 Å². The molecule has 1 N–H and O–H groups in total. The lowest BCUT2D eigenvalue weighted by Gasteiger charge is -2.00. The number of aromatic nitrogens is 2. The zero-order chi connectivity index (χ0) is 18.8. The second-order valence-electron chi connectivity index (χ2n) is 5.83. The minimum Gasteiger partial charge on any atom is -0.301 e. The number of halogens is 1. The Balaban J connectivity index is 1.37. The summed E-state index contributed by atoms with van der Waals surface area (Å²) >= 11 is 10.4. The average Bonchev–Trinajstić information content (AvgIpc) is 3.27. The number of fused-ring (bicyclic) bond motifs is 1. The Kier molecular flexibility index (Phi) is 5.45. The molecule has 0 fully saturated rings. The molecular formula is C19H14ClN3OS3. The van der Waals surface area contributed by atoms with Crippen molar-refractivity contribution >= 4 is 67.3 Å². The van der Waals surface area contributed by atoms with Gasteiger partial charge in [-0.05, 0) is 25.1 Å². The third-order valence-electron chi connectivity index (χ3n) is 3.75. The maximum Gasteiger partial charge on any atom is 0.236 e. The quantitative estimate of drug-likeness (QED) is 0.387. The molecule has 0 spiro atoms. The van der Waals surface area contributed by atoms with E-state index in [0.717, 1.165) is 25.8 Å². The van der Waals surface area contributed by atoms with Gasteiger partial charge in [0.2, 0.25) is 5.91 Å². The molecule has 2 aromatic heterocycles. The van der Waals surface area contributed by atoms with Gasteiger partial charge in [0, 0.05) is 16.0 Å². The maximum absolute atomic E-state index is 12.2. The first-order chi connectivity index (χ1) is 13.1. The van der Waals surface area contributed by atoms with Crippen LogP contribution < -0.4 is 5.32 Å². The van der Waals surface area contributed by atoms with Crippen molar-refractivity contribution in [2.75, 3.05) is 11.1 Å². The molecule has 4 nitrogen and oxygen atoms in total. The Morgan fingerprint density at radius 3 is 2.81 bits per heavy atom. The van der Waals surface area contributed by atoms with Gasteiger partial charge in [-0.25, -0.2) is 9.97 Å². The molecule has 136 valence electrons. The largest absolute Gasteiger partial charge is 0.301 e. The molecular weight excluding hydrogens is 418 g/mol. The highest BCUT2D eigenvalue weighted by Crippen LogP contribution is 2.31. The molecule has 8 heteroatoms. The fraction of sp³-hybridized carbons (Fsp3) is 0.105. The van der Waals surface area contributed by atoms with E-state index in [9.17, 15) is 4.79 Å². The number of hydrogen-bond acceptors (Lipinski definition) is 6. The SMILES string of the molecule is Cc1ccc(-c2csc(NC(=O)CSc3nc4cc(Cl)ccc4s3)n2)cc1. The average molecular weight is 432 g/mol. The van der Waals surface area contributed by atoms with E-state index < -0.39 is 0 Å². The lowest BCUT2D eigenvalue weighted by atomic mass is 10.1. The molecule has 27 heavy (non-hydrogen) atoms. The minimum atomic E-state index is -0.0953. The highest BCUT2D eigenvalue weighted by Gasteiger charge is 2.11. The molecule has 1 amide bonds. The highest BCUT2D eigenvalue weighted by molar-refractivity contribution is 8.01. The van der Waals surface area contributed by atoms with Crippen LogP contribution in [-0.4, -0.2) is 21.6 Å². The van der Waals surface area contributed by atoms with E-state index in [1.165, 1.54) is 28.7 Å². The number of benzene rings is 2. The smallest absolute Gasteiger partial charge is 0.236 e. The van der Waals surface area contributed by atoms with E-state index >= 15 is 0 Å². The van der Waals surface area contributed by atoms with Crippen LogP contribution in [0.5, 0.6) is 0 Å². The van der Waals surface area contributed by atoms with Crippen LogP contribution in [0.1, 0.15) is 5.56 Å². The standard InChI is InChI=1S/C19H14ClN3OS3/c1-11-2-4-12(5-3-11)15-9-25-18(21-15)23-17(24)10-26-19-22-14-8-13(20)6-7-16(14)27-19/h2-9H,10H2,1H3,(H,21,23,24). The number of nitrogens with one attached hydrogen (secondary N) is 1. The Morgan fingerprint density at radius 1 is 1.19 bits per heavy atom. The van der Waals surface area contributed by atoms with Crippen molar-refractivity contribution in [2.45, 2.75) is 11.3 Å².